The number of anilines is 1. The Bertz CT molecular complexity index is 1390. The number of fused-ring (bicyclic) bond motifs is 1. The molecule has 0 radical (unpaired) electrons. The third kappa shape index (κ3) is 4.38. The minimum atomic E-state index is -0.337. The van der Waals surface area contributed by atoms with Crippen LogP contribution >= 0.6 is 11.8 Å². The average molecular weight is 496 g/mol. The van der Waals surface area contributed by atoms with Crippen LogP contribution in [0.5, 0.6) is 0 Å². The molecule has 5 rings (SSSR count). The van der Waals surface area contributed by atoms with E-state index in [9.17, 15) is 14.4 Å². The van der Waals surface area contributed by atoms with Gasteiger partial charge in [0.25, 0.3) is 17.7 Å². The van der Waals surface area contributed by atoms with Crippen LogP contribution in [0.1, 0.15) is 57.2 Å². The van der Waals surface area contributed by atoms with E-state index in [0.29, 0.717) is 33.6 Å². The lowest BCUT2D eigenvalue weighted by Gasteiger charge is -2.20. The Morgan fingerprint density at radius 3 is 2.03 bits per heavy atom. The number of aliphatic imine (C=N–C) groups is 1. The van der Waals surface area contributed by atoms with Crippen LogP contribution in [0.15, 0.2) is 83.5 Å². The zero-order valence-corrected chi connectivity index (χ0v) is 21.1. The molecule has 0 aromatic heterocycles. The molecule has 2 aliphatic rings. The maximum atomic E-state index is 13.5. The molecule has 0 N–H and O–H groups in total. The highest BCUT2D eigenvalue weighted by atomic mass is 32.2. The third-order valence-electron chi connectivity index (χ3n) is 6.23. The normalized spacial score (nSPS) is 16.4. The van der Waals surface area contributed by atoms with Gasteiger partial charge in [0, 0.05) is 0 Å². The zero-order chi connectivity index (χ0) is 25.4. The van der Waals surface area contributed by atoms with Crippen molar-refractivity contribution in [2.45, 2.75) is 26.7 Å². The molecule has 2 aliphatic heterocycles. The van der Waals surface area contributed by atoms with Crippen LogP contribution in [0.3, 0.4) is 0 Å². The first kappa shape index (κ1) is 23.8. The Hall–Kier alpha value is -3.97. The summed E-state index contributed by atoms with van der Waals surface area (Å²) in [5, 5.41) is 0.422. The summed E-state index contributed by atoms with van der Waals surface area (Å²) in [6, 6.07) is 22.4. The predicted octanol–water partition coefficient (Wildman–Crippen LogP) is 5.85. The molecular weight excluding hydrogens is 470 g/mol. The Morgan fingerprint density at radius 2 is 1.44 bits per heavy atom. The lowest BCUT2D eigenvalue weighted by atomic mass is 10.0. The van der Waals surface area contributed by atoms with Gasteiger partial charge in [0.15, 0.2) is 5.17 Å². The molecule has 0 saturated carbocycles. The number of thioether (sulfide) groups is 1. The van der Waals surface area contributed by atoms with Crippen molar-refractivity contribution < 1.29 is 14.4 Å². The van der Waals surface area contributed by atoms with Gasteiger partial charge in [0.2, 0.25) is 0 Å². The van der Waals surface area contributed by atoms with Crippen molar-refractivity contribution in [1.29, 1.82) is 0 Å². The fourth-order valence-electron chi connectivity index (χ4n) is 4.13. The van der Waals surface area contributed by atoms with Gasteiger partial charge in [-0.05, 0) is 54.3 Å². The van der Waals surface area contributed by atoms with Crippen molar-refractivity contribution in [3.05, 3.63) is 106 Å². The van der Waals surface area contributed by atoms with Crippen molar-refractivity contribution in [3.8, 4) is 0 Å². The van der Waals surface area contributed by atoms with Gasteiger partial charge >= 0.3 is 0 Å². The summed E-state index contributed by atoms with van der Waals surface area (Å²) >= 11 is 1.19. The van der Waals surface area contributed by atoms with Crippen LogP contribution in [0, 0.1) is 6.92 Å². The number of hydrogen-bond acceptors (Lipinski definition) is 5. The summed E-state index contributed by atoms with van der Waals surface area (Å²) in [5.74, 6) is -0.458. The molecule has 0 saturated heterocycles. The number of rotatable bonds is 5. The molecule has 7 heteroatoms. The van der Waals surface area contributed by atoms with Crippen LogP contribution in [0.2, 0.25) is 0 Å². The summed E-state index contributed by atoms with van der Waals surface area (Å²) in [6.45, 7) is 6.25. The second-order valence-corrected chi connectivity index (χ2v) is 9.99. The molecule has 0 spiro atoms. The number of amides is 3. The Labute approximate surface area is 214 Å². The molecule has 0 aliphatic carbocycles. The van der Waals surface area contributed by atoms with Crippen LogP contribution in [0.4, 0.5) is 5.69 Å². The number of carbonyl (C=O) groups is 3. The zero-order valence-electron chi connectivity index (χ0n) is 20.3. The molecule has 0 bridgehead atoms. The van der Waals surface area contributed by atoms with E-state index in [1.165, 1.54) is 27.1 Å². The first-order valence-corrected chi connectivity index (χ1v) is 12.7. The van der Waals surface area contributed by atoms with Gasteiger partial charge in [-0.1, -0.05) is 79.7 Å². The monoisotopic (exact) mass is 495 g/mol. The summed E-state index contributed by atoms with van der Waals surface area (Å²) < 4.78 is 0. The minimum Gasteiger partial charge on any atom is -0.269 e. The van der Waals surface area contributed by atoms with Crippen molar-refractivity contribution >= 4 is 46.4 Å². The van der Waals surface area contributed by atoms with Crippen LogP contribution in [0.25, 0.3) is 6.08 Å². The molecule has 6 nitrogen and oxygen atoms in total. The van der Waals surface area contributed by atoms with Gasteiger partial charge < -0.3 is 0 Å². The van der Waals surface area contributed by atoms with Crippen molar-refractivity contribution in [2.75, 3.05) is 10.8 Å². The van der Waals surface area contributed by atoms with E-state index in [0.717, 1.165) is 11.1 Å². The second kappa shape index (κ2) is 9.59. The predicted molar refractivity (Wildman–Crippen MR) is 144 cm³/mol. The molecule has 0 unspecified atom stereocenters. The van der Waals surface area contributed by atoms with Crippen LogP contribution in [-0.2, 0) is 4.79 Å². The number of amidine groups is 1. The highest BCUT2D eigenvalue weighted by Gasteiger charge is 2.37. The van der Waals surface area contributed by atoms with E-state index in [4.69, 9.17) is 0 Å². The van der Waals surface area contributed by atoms with E-state index in [2.05, 4.69) is 31.0 Å². The summed E-state index contributed by atoms with van der Waals surface area (Å²) in [6.07, 6.45) is 1.77. The average Bonchev–Trinajstić information content (AvgIpc) is 3.31. The number of imide groups is 1. The molecule has 3 aromatic carbocycles. The van der Waals surface area contributed by atoms with Gasteiger partial charge in [-0.2, -0.15) is 0 Å². The number of hydrogen-bond donors (Lipinski definition) is 0. The molecule has 180 valence electrons. The Balaban J connectivity index is 1.44. The Morgan fingerprint density at radius 1 is 0.833 bits per heavy atom. The highest BCUT2D eigenvalue weighted by molar-refractivity contribution is 8.14. The smallest absolute Gasteiger partial charge is 0.269 e. The van der Waals surface area contributed by atoms with Gasteiger partial charge in [-0.3, -0.25) is 24.2 Å². The SMILES string of the molecule is Cc1ccc(N2C(=O)C(=Cc3ccc(C(C)C)cc3)N=C2SCN2C(=O)c3ccccc3C2=O)cc1. The molecule has 2 heterocycles. The van der Waals surface area contributed by atoms with Gasteiger partial charge in [0.1, 0.15) is 5.70 Å². The topological polar surface area (TPSA) is 70.1 Å². The van der Waals surface area contributed by atoms with E-state index in [-0.39, 0.29) is 23.6 Å². The summed E-state index contributed by atoms with van der Waals surface area (Å²) in [5.41, 5.74) is 4.94. The van der Waals surface area contributed by atoms with E-state index in [1.807, 2.05) is 43.3 Å². The fraction of sp³-hybridized carbons (Fsp3) is 0.172. The van der Waals surface area contributed by atoms with Crippen molar-refractivity contribution in [1.82, 2.24) is 4.90 Å². The maximum Gasteiger partial charge on any atom is 0.283 e. The lowest BCUT2D eigenvalue weighted by Crippen LogP contribution is -2.34. The molecule has 0 fully saturated rings. The Kier molecular flexibility index (Phi) is 6.33. The van der Waals surface area contributed by atoms with E-state index in [1.54, 1.807) is 30.3 Å². The van der Waals surface area contributed by atoms with E-state index >= 15 is 0 Å². The fourth-order valence-corrected chi connectivity index (χ4v) is 5.09. The van der Waals surface area contributed by atoms with Crippen molar-refractivity contribution in [3.63, 3.8) is 0 Å². The van der Waals surface area contributed by atoms with Gasteiger partial charge in [-0.15, -0.1) is 0 Å². The van der Waals surface area contributed by atoms with Gasteiger partial charge in [0.05, 0.1) is 22.7 Å². The first-order chi connectivity index (χ1) is 17.3. The quantitative estimate of drug-likeness (QED) is 0.329. The van der Waals surface area contributed by atoms with Crippen molar-refractivity contribution in [2.24, 2.45) is 4.99 Å². The lowest BCUT2D eigenvalue weighted by molar-refractivity contribution is -0.113. The van der Waals surface area contributed by atoms with Crippen LogP contribution in [-0.4, -0.2) is 33.7 Å². The highest BCUT2D eigenvalue weighted by Crippen LogP contribution is 2.32. The number of benzene rings is 3. The standard InChI is InChI=1S/C29H25N3O3S/c1-18(2)21-12-10-20(11-13-21)16-25-28(35)32(22-14-8-19(3)9-15-22)29(30-25)36-17-31-26(33)23-6-4-5-7-24(23)27(31)34/h4-16,18H,17H2,1-3H3. The number of carbonyl (C=O) groups excluding carboxylic acids is 3. The first-order valence-electron chi connectivity index (χ1n) is 11.7. The van der Waals surface area contributed by atoms with Crippen LogP contribution < -0.4 is 4.90 Å². The molecule has 0 atom stereocenters. The number of nitrogens with zero attached hydrogens (tertiary/aromatic N) is 3. The maximum absolute atomic E-state index is 13.5. The summed E-state index contributed by atoms with van der Waals surface area (Å²) in [7, 11) is 0. The molecular formula is C29H25N3O3S. The molecule has 3 aromatic rings. The third-order valence-corrected chi connectivity index (χ3v) is 7.15. The number of aryl methyl sites for hydroxylation is 1. The molecule has 3 amide bonds. The van der Waals surface area contributed by atoms with Gasteiger partial charge in [-0.25, -0.2) is 4.99 Å². The summed E-state index contributed by atoms with van der Waals surface area (Å²) in [4.78, 5) is 46.4. The largest absolute Gasteiger partial charge is 0.283 e. The molecule has 36 heavy (non-hydrogen) atoms. The second-order valence-electron chi connectivity index (χ2n) is 9.08. The minimum absolute atomic E-state index is 0.0528. The van der Waals surface area contributed by atoms with E-state index < -0.39 is 0 Å².